The Hall–Kier alpha value is -1.36. The lowest BCUT2D eigenvalue weighted by molar-refractivity contribution is -0.141. The van der Waals surface area contributed by atoms with Crippen molar-refractivity contribution in [2.24, 2.45) is 0 Å². The number of carbonyl (C=O) groups excluding carboxylic acids is 2. The Kier molecular flexibility index (Phi) is 6.00. The summed E-state index contributed by atoms with van der Waals surface area (Å²) in [6.07, 6.45) is 5.18. The summed E-state index contributed by atoms with van der Waals surface area (Å²) in [4.78, 5) is 23.3. The van der Waals surface area contributed by atoms with Gasteiger partial charge in [-0.1, -0.05) is 35.2 Å². The molecule has 0 unspecified atom stereocenters. The second-order valence-electron chi connectivity index (χ2n) is 5.57. The third kappa shape index (κ3) is 4.57. The number of ketones is 1. The fourth-order valence-electron chi connectivity index (χ4n) is 2.65. The lowest BCUT2D eigenvalue weighted by Crippen LogP contribution is -2.34. The van der Waals surface area contributed by atoms with E-state index in [2.05, 4.69) is 15.9 Å². The fourth-order valence-corrected chi connectivity index (χ4v) is 3.44. The SMILES string of the molecule is CC(=O)OCCOc1ccc(C(=O)C2(Br)CCCCC2)cc1. The average Bonchev–Trinajstić information content (AvgIpc) is 2.52. The summed E-state index contributed by atoms with van der Waals surface area (Å²) >= 11 is 3.65. The number of Topliss-reactive ketones (excluding diaryl/α,β-unsaturated/α-hetero) is 1. The first-order chi connectivity index (χ1) is 10.5. The molecular formula is C17H21BrO4. The smallest absolute Gasteiger partial charge is 0.302 e. The van der Waals surface area contributed by atoms with Crippen LogP contribution in [0.1, 0.15) is 49.4 Å². The van der Waals surface area contributed by atoms with E-state index >= 15 is 0 Å². The molecule has 0 spiro atoms. The first-order valence-electron chi connectivity index (χ1n) is 7.61. The first kappa shape index (κ1) is 17.0. The van der Waals surface area contributed by atoms with Crippen molar-refractivity contribution in [1.82, 2.24) is 0 Å². The summed E-state index contributed by atoms with van der Waals surface area (Å²) in [5.41, 5.74) is 0.700. The number of carbonyl (C=O) groups is 2. The molecule has 0 amide bonds. The van der Waals surface area contributed by atoms with E-state index in [0.717, 1.165) is 25.7 Å². The number of rotatable bonds is 6. The average molecular weight is 369 g/mol. The van der Waals surface area contributed by atoms with Crippen LogP contribution < -0.4 is 4.74 Å². The summed E-state index contributed by atoms with van der Waals surface area (Å²) in [5.74, 6) is 0.495. The van der Waals surface area contributed by atoms with Gasteiger partial charge in [-0.05, 0) is 37.1 Å². The molecule has 0 saturated heterocycles. The number of hydrogen-bond acceptors (Lipinski definition) is 4. The third-order valence-corrected chi connectivity index (χ3v) is 4.98. The number of hydrogen-bond donors (Lipinski definition) is 0. The zero-order chi connectivity index (χ0) is 16.0. The highest BCUT2D eigenvalue weighted by atomic mass is 79.9. The molecule has 0 heterocycles. The van der Waals surface area contributed by atoms with E-state index in [0.29, 0.717) is 17.9 Å². The highest BCUT2D eigenvalue weighted by molar-refractivity contribution is 9.10. The molecule has 1 fully saturated rings. The molecule has 1 aliphatic rings. The van der Waals surface area contributed by atoms with Crippen LogP contribution in [0.2, 0.25) is 0 Å². The maximum absolute atomic E-state index is 12.6. The van der Waals surface area contributed by atoms with Gasteiger partial charge in [0.15, 0.2) is 5.78 Å². The van der Waals surface area contributed by atoms with Crippen LogP contribution in [0.4, 0.5) is 0 Å². The van der Waals surface area contributed by atoms with Crippen LogP contribution >= 0.6 is 15.9 Å². The Morgan fingerprint density at radius 3 is 2.32 bits per heavy atom. The van der Waals surface area contributed by atoms with Crippen LogP contribution in [0.25, 0.3) is 0 Å². The molecule has 4 nitrogen and oxygen atoms in total. The Morgan fingerprint density at radius 2 is 1.73 bits per heavy atom. The van der Waals surface area contributed by atoms with Gasteiger partial charge in [0.1, 0.15) is 19.0 Å². The van der Waals surface area contributed by atoms with Crippen LogP contribution in [0.5, 0.6) is 5.75 Å². The number of alkyl halides is 1. The zero-order valence-electron chi connectivity index (χ0n) is 12.8. The molecule has 0 aliphatic heterocycles. The van der Waals surface area contributed by atoms with Crippen molar-refractivity contribution in [3.05, 3.63) is 29.8 Å². The summed E-state index contributed by atoms with van der Waals surface area (Å²) in [7, 11) is 0. The topological polar surface area (TPSA) is 52.6 Å². The fraction of sp³-hybridized carbons (Fsp3) is 0.529. The van der Waals surface area contributed by atoms with E-state index in [9.17, 15) is 9.59 Å². The van der Waals surface area contributed by atoms with Crippen molar-refractivity contribution in [1.29, 1.82) is 0 Å². The first-order valence-corrected chi connectivity index (χ1v) is 8.40. The van der Waals surface area contributed by atoms with Gasteiger partial charge in [-0.25, -0.2) is 0 Å². The van der Waals surface area contributed by atoms with E-state index in [-0.39, 0.29) is 18.4 Å². The van der Waals surface area contributed by atoms with Crippen molar-refractivity contribution < 1.29 is 19.1 Å². The lowest BCUT2D eigenvalue weighted by Gasteiger charge is -2.30. The van der Waals surface area contributed by atoms with Gasteiger partial charge in [0, 0.05) is 12.5 Å². The van der Waals surface area contributed by atoms with Crippen LogP contribution in [0, 0.1) is 0 Å². The van der Waals surface area contributed by atoms with E-state index in [4.69, 9.17) is 9.47 Å². The molecule has 0 aromatic heterocycles. The predicted octanol–water partition coefficient (Wildman–Crippen LogP) is 3.91. The van der Waals surface area contributed by atoms with Gasteiger partial charge in [0.05, 0.1) is 4.32 Å². The maximum atomic E-state index is 12.6. The highest BCUT2D eigenvalue weighted by Gasteiger charge is 2.37. The second-order valence-corrected chi connectivity index (χ2v) is 7.09. The molecule has 120 valence electrons. The molecule has 1 saturated carbocycles. The molecule has 1 aromatic rings. The van der Waals surface area contributed by atoms with E-state index in [1.807, 2.05) is 0 Å². The highest BCUT2D eigenvalue weighted by Crippen LogP contribution is 2.38. The molecule has 1 aliphatic carbocycles. The normalized spacial score (nSPS) is 16.8. The number of ether oxygens (including phenoxy) is 2. The standard InChI is InChI=1S/C17H21BrO4/c1-13(19)21-11-12-22-15-7-5-14(6-8-15)16(20)17(18)9-3-2-4-10-17/h5-8H,2-4,9-12H2,1H3. The number of halogens is 1. The summed E-state index contributed by atoms with van der Waals surface area (Å²) in [5, 5.41) is 0. The van der Waals surface area contributed by atoms with Gasteiger partial charge < -0.3 is 9.47 Å². The molecular weight excluding hydrogens is 348 g/mol. The Labute approximate surface area is 139 Å². The van der Waals surface area contributed by atoms with E-state index < -0.39 is 4.32 Å². The van der Waals surface area contributed by atoms with Gasteiger partial charge in [-0.3, -0.25) is 9.59 Å². The molecule has 0 N–H and O–H groups in total. The molecule has 1 aromatic carbocycles. The van der Waals surface area contributed by atoms with Gasteiger partial charge in [0.25, 0.3) is 0 Å². The molecule has 22 heavy (non-hydrogen) atoms. The van der Waals surface area contributed by atoms with Crippen LogP contribution in [-0.4, -0.2) is 29.3 Å². The summed E-state index contributed by atoms with van der Waals surface area (Å²) in [6.45, 7) is 1.89. The Balaban J connectivity index is 1.90. The van der Waals surface area contributed by atoms with E-state index in [1.165, 1.54) is 13.3 Å². The summed E-state index contributed by atoms with van der Waals surface area (Å²) < 4.78 is 9.86. The quantitative estimate of drug-likeness (QED) is 0.330. The minimum Gasteiger partial charge on any atom is -0.490 e. The van der Waals surface area contributed by atoms with Gasteiger partial charge in [0.2, 0.25) is 0 Å². The van der Waals surface area contributed by atoms with Crippen LogP contribution in [0.15, 0.2) is 24.3 Å². The van der Waals surface area contributed by atoms with Crippen molar-refractivity contribution in [2.75, 3.05) is 13.2 Å². The van der Waals surface area contributed by atoms with Crippen molar-refractivity contribution in [3.63, 3.8) is 0 Å². The van der Waals surface area contributed by atoms with Gasteiger partial charge >= 0.3 is 5.97 Å². The van der Waals surface area contributed by atoms with Crippen LogP contribution in [0.3, 0.4) is 0 Å². The minimum atomic E-state index is -0.400. The molecule has 0 atom stereocenters. The Morgan fingerprint density at radius 1 is 1.09 bits per heavy atom. The Bertz CT molecular complexity index is 518. The summed E-state index contributed by atoms with van der Waals surface area (Å²) in [6, 6.07) is 7.14. The molecule has 2 rings (SSSR count). The second kappa shape index (κ2) is 7.77. The number of esters is 1. The minimum absolute atomic E-state index is 0.152. The number of benzene rings is 1. The van der Waals surface area contributed by atoms with Gasteiger partial charge in [-0.2, -0.15) is 0 Å². The maximum Gasteiger partial charge on any atom is 0.302 e. The molecule has 0 radical (unpaired) electrons. The zero-order valence-corrected chi connectivity index (χ0v) is 14.4. The van der Waals surface area contributed by atoms with Gasteiger partial charge in [-0.15, -0.1) is 0 Å². The van der Waals surface area contributed by atoms with Crippen molar-refractivity contribution >= 4 is 27.7 Å². The monoisotopic (exact) mass is 368 g/mol. The van der Waals surface area contributed by atoms with Crippen molar-refractivity contribution in [3.8, 4) is 5.75 Å². The largest absolute Gasteiger partial charge is 0.490 e. The van der Waals surface area contributed by atoms with Crippen molar-refractivity contribution in [2.45, 2.75) is 43.4 Å². The molecule has 5 heteroatoms. The van der Waals surface area contributed by atoms with Crippen LogP contribution in [-0.2, 0) is 9.53 Å². The third-order valence-electron chi connectivity index (χ3n) is 3.83. The lowest BCUT2D eigenvalue weighted by atomic mass is 9.83. The van der Waals surface area contributed by atoms with E-state index in [1.54, 1.807) is 24.3 Å². The predicted molar refractivity (Wildman–Crippen MR) is 87.6 cm³/mol. The molecule has 0 bridgehead atoms.